The van der Waals surface area contributed by atoms with Crippen LogP contribution in [0.3, 0.4) is 0 Å². The fraction of sp³-hybridized carbons (Fsp3) is 0.833. The SMILES string of the molecule is C=CC[C@@H]1OC[C@@H]2OC(C)(C)O[C@@H]2[C@H]1OC. The third-order valence-electron chi connectivity index (χ3n) is 3.06. The van der Waals surface area contributed by atoms with Crippen LogP contribution < -0.4 is 0 Å². The number of hydrogen-bond acceptors (Lipinski definition) is 4. The van der Waals surface area contributed by atoms with E-state index in [1.54, 1.807) is 7.11 Å². The van der Waals surface area contributed by atoms with Crippen molar-refractivity contribution in [3.8, 4) is 0 Å². The van der Waals surface area contributed by atoms with Gasteiger partial charge in [-0.05, 0) is 20.3 Å². The van der Waals surface area contributed by atoms with Gasteiger partial charge in [-0.2, -0.15) is 0 Å². The molecule has 4 heteroatoms. The molecule has 0 unspecified atom stereocenters. The van der Waals surface area contributed by atoms with Gasteiger partial charge in [-0.1, -0.05) is 6.08 Å². The van der Waals surface area contributed by atoms with Crippen molar-refractivity contribution in [2.75, 3.05) is 13.7 Å². The summed E-state index contributed by atoms with van der Waals surface area (Å²) >= 11 is 0. The van der Waals surface area contributed by atoms with Gasteiger partial charge in [0.15, 0.2) is 5.79 Å². The van der Waals surface area contributed by atoms with Gasteiger partial charge in [0.1, 0.15) is 18.3 Å². The van der Waals surface area contributed by atoms with E-state index in [0.717, 1.165) is 6.42 Å². The second-order valence-electron chi connectivity index (χ2n) is 4.74. The Labute approximate surface area is 96.5 Å². The molecule has 2 aliphatic heterocycles. The van der Waals surface area contributed by atoms with Crippen molar-refractivity contribution in [1.82, 2.24) is 0 Å². The van der Waals surface area contributed by atoms with Crippen molar-refractivity contribution >= 4 is 0 Å². The molecule has 0 saturated carbocycles. The summed E-state index contributed by atoms with van der Waals surface area (Å²) in [6, 6.07) is 0. The maximum atomic E-state index is 5.87. The molecule has 2 aliphatic rings. The fourth-order valence-corrected chi connectivity index (χ4v) is 2.45. The zero-order chi connectivity index (χ0) is 11.8. The van der Waals surface area contributed by atoms with E-state index in [-0.39, 0.29) is 24.4 Å². The van der Waals surface area contributed by atoms with Gasteiger partial charge in [-0.25, -0.2) is 0 Å². The molecule has 0 aromatic heterocycles. The van der Waals surface area contributed by atoms with Gasteiger partial charge in [-0.3, -0.25) is 0 Å². The second kappa shape index (κ2) is 4.45. The summed E-state index contributed by atoms with van der Waals surface area (Å²) in [5.41, 5.74) is 0. The molecule has 4 nitrogen and oxygen atoms in total. The van der Waals surface area contributed by atoms with Gasteiger partial charge < -0.3 is 18.9 Å². The average Bonchev–Trinajstić information content (AvgIpc) is 2.52. The first-order valence-electron chi connectivity index (χ1n) is 5.68. The van der Waals surface area contributed by atoms with Gasteiger partial charge in [0, 0.05) is 7.11 Å². The van der Waals surface area contributed by atoms with Crippen molar-refractivity contribution in [3.63, 3.8) is 0 Å². The van der Waals surface area contributed by atoms with E-state index in [2.05, 4.69) is 6.58 Å². The molecule has 2 rings (SSSR count). The van der Waals surface area contributed by atoms with Crippen LogP contribution in [0.4, 0.5) is 0 Å². The molecule has 0 radical (unpaired) electrons. The molecule has 0 spiro atoms. The van der Waals surface area contributed by atoms with E-state index in [0.29, 0.717) is 6.61 Å². The summed E-state index contributed by atoms with van der Waals surface area (Å²) in [6.45, 7) is 8.13. The van der Waals surface area contributed by atoms with Crippen LogP contribution >= 0.6 is 0 Å². The van der Waals surface area contributed by atoms with E-state index in [1.165, 1.54) is 0 Å². The molecular weight excluding hydrogens is 208 g/mol. The van der Waals surface area contributed by atoms with E-state index >= 15 is 0 Å². The van der Waals surface area contributed by atoms with E-state index in [1.807, 2.05) is 19.9 Å². The van der Waals surface area contributed by atoms with Crippen LogP contribution in [0.15, 0.2) is 12.7 Å². The summed E-state index contributed by atoms with van der Waals surface area (Å²) in [6.07, 6.45) is 2.48. The monoisotopic (exact) mass is 228 g/mol. The molecule has 0 aromatic rings. The van der Waals surface area contributed by atoms with E-state index in [4.69, 9.17) is 18.9 Å². The highest BCUT2D eigenvalue weighted by atomic mass is 16.8. The van der Waals surface area contributed by atoms with Crippen LogP contribution in [0.5, 0.6) is 0 Å². The Morgan fingerprint density at radius 3 is 2.81 bits per heavy atom. The highest BCUT2D eigenvalue weighted by Crippen LogP contribution is 2.36. The molecule has 0 aliphatic carbocycles. The molecule has 0 amide bonds. The minimum Gasteiger partial charge on any atom is -0.376 e. The van der Waals surface area contributed by atoms with E-state index < -0.39 is 5.79 Å². The lowest BCUT2D eigenvalue weighted by Crippen LogP contribution is -2.52. The van der Waals surface area contributed by atoms with Crippen molar-refractivity contribution in [2.45, 2.75) is 50.5 Å². The summed E-state index contributed by atoms with van der Waals surface area (Å²) in [5, 5.41) is 0. The number of methoxy groups -OCH3 is 1. The van der Waals surface area contributed by atoms with Crippen molar-refractivity contribution in [3.05, 3.63) is 12.7 Å². The molecule has 0 bridgehead atoms. The average molecular weight is 228 g/mol. The van der Waals surface area contributed by atoms with E-state index in [9.17, 15) is 0 Å². The Balaban J connectivity index is 2.10. The maximum Gasteiger partial charge on any atom is 0.164 e. The minimum atomic E-state index is -0.543. The van der Waals surface area contributed by atoms with Crippen LogP contribution in [-0.4, -0.2) is 43.9 Å². The third kappa shape index (κ3) is 2.15. The Hall–Kier alpha value is -0.420. The largest absolute Gasteiger partial charge is 0.376 e. The van der Waals surface area contributed by atoms with Crippen LogP contribution in [0, 0.1) is 0 Å². The highest BCUT2D eigenvalue weighted by Gasteiger charge is 2.50. The molecule has 2 saturated heterocycles. The fourth-order valence-electron chi connectivity index (χ4n) is 2.45. The molecule has 0 N–H and O–H groups in total. The molecule has 92 valence electrons. The Morgan fingerprint density at radius 2 is 2.19 bits per heavy atom. The minimum absolute atomic E-state index is 0.0150. The van der Waals surface area contributed by atoms with Crippen molar-refractivity contribution in [1.29, 1.82) is 0 Å². The maximum absolute atomic E-state index is 5.87. The quantitative estimate of drug-likeness (QED) is 0.686. The summed E-state index contributed by atoms with van der Waals surface area (Å²) < 4.78 is 22.8. The summed E-state index contributed by atoms with van der Waals surface area (Å²) in [5.74, 6) is -0.543. The standard InChI is InChI=1S/C12H20O4/c1-5-6-8-10(13-4)11-9(7-14-8)15-12(2,3)16-11/h5,8-11H,1,6-7H2,2-4H3/t8-,9-,10-,11-/m0/s1. The van der Waals surface area contributed by atoms with Gasteiger partial charge in [0.05, 0.1) is 12.7 Å². The molecule has 2 fully saturated rings. The number of rotatable bonds is 3. The zero-order valence-corrected chi connectivity index (χ0v) is 10.1. The van der Waals surface area contributed by atoms with Gasteiger partial charge in [0.2, 0.25) is 0 Å². The number of fused-ring (bicyclic) bond motifs is 1. The van der Waals surface area contributed by atoms with Crippen LogP contribution in [0.2, 0.25) is 0 Å². The Morgan fingerprint density at radius 1 is 1.44 bits per heavy atom. The molecule has 2 heterocycles. The zero-order valence-electron chi connectivity index (χ0n) is 10.1. The van der Waals surface area contributed by atoms with Crippen LogP contribution in [-0.2, 0) is 18.9 Å². The predicted octanol–water partition coefficient (Wildman–Crippen LogP) is 1.50. The van der Waals surface area contributed by atoms with Gasteiger partial charge in [0.25, 0.3) is 0 Å². The molecule has 4 atom stereocenters. The first-order chi connectivity index (χ1) is 7.57. The lowest BCUT2D eigenvalue weighted by Gasteiger charge is -2.36. The van der Waals surface area contributed by atoms with Crippen LogP contribution in [0.1, 0.15) is 20.3 Å². The normalized spacial score (nSPS) is 41.7. The van der Waals surface area contributed by atoms with Gasteiger partial charge >= 0.3 is 0 Å². The Kier molecular flexibility index (Phi) is 3.35. The molecule has 16 heavy (non-hydrogen) atoms. The molecular formula is C12H20O4. The number of ether oxygens (including phenoxy) is 4. The smallest absolute Gasteiger partial charge is 0.164 e. The predicted molar refractivity (Wildman–Crippen MR) is 59.2 cm³/mol. The first kappa shape index (κ1) is 12.0. The second-order valence-corrected chi connectivity index (χ2v) is 4.74. The topological polar surface area (TPSA) is 36.9 Å². The lowest BCUT2D eigenvalue weighted by molar-refractivity contribution is -0.168. The third-order valence-corrected chi connectivity index (χ3v) is 3.06. The van der Waals surface area contributed by atoms with Gasteiger partial charge in [-0.15, -0.1) is 6.58 Å². The van der Waals surface area contributed by atoms with Crippen molar-refractivity contribution < 1.29 is 18.9 Å². The first-order valence-corrected chi connectivity index (χ1v) is 5.68. The summed E-state index contributed by atoms with van der Waals surface area (Å²) in [7, 11) is 1.68. The van der Waals surface area contributed by atoms with Crippen molar-refractivity contribution in [2.24, 2.45) is 0 Å². The number of hydrogen-bond donors (Lipinski definition) is 0. The van der Waals surface area contributed by atoms with Crippen LogP contribution in [0.25, 0.3) is 0 Å². The summed E-state index contributed by atoms with van der Waals surface area (Å²) in [4.78, 5) is 0. The highest BCUT2D eigenvalue weighted by molar-refractivity contribution is 4.96. The molecule has 0 aromatic carbocycles. The lowest BCUT2D eigenvalue weighted by atomic mass is 9.98. The Bertz CT molecular complexity index is 264.